The van der Waals surface area contributed by atoms with Crippen molar-refractivity contribution in [2.45, 2.75) is 33.1 Å². The summed E-state index contributed by atoms with van der Waals surface area (Å²) < 4.78 is 11.0. The molecule has 0 saturated carbocycles. The van der Waals surface area contributed by atoms with Crippen LogP contribution in [0.1, 0.15) is 27.8 Å². The fraction of sp³-hybridized carbons (Fsp3) is 0.375. The molecule has 0 bridgehead atoms. The van der Waals surface area contributed by atoms with Crippen LogP contribution >= 0.6 is 22.9 Å². The molecule has 0 fully saturated rings. The van der Waals surface area contributed by atoms with Gasteiger partial charge in [-0.3, -0.25) is 0 Å². The van der Waals surface area contributed by atoms with Crippen LogP contribution in [0.4, 0.5) is 0 Å². The molecule has 0 N–H and O–H groups in total. The molecule has 1 aromatic heterocycles. The molecule has 0 aliphatic carbocycles. The highest BCUT2D eigenvalue weighted by atomic mass is 35.5. The zero-order chi connectivity index (χ0) is 14.3. The SMILES string of the molecule is CCc1sc(C)c(C)c1-c1cc2c(cc1CCl)OCO2. The van der Waals surface area contributed by atoms with E-state index in [9.17, 15) is 0 Å². The van der Waals surface area contributed by atoms with Crippen LogP contribution in [0.3, 0.4) is 0 Å². The Kier molecular flexibility index (Phi) is 3.65. The molecular weight excluding hydrogens is 292 g/mol. The molecule has 4 heteroatoms. The topological polar surface area (TPSA) is 18.5 Å². The van der Waals surface area contributed by atoms with Gasteiger partial charge in [0.1, 0.15) is 0 Å². The monoisotopic (exact) mass is 308 g/mol. The van der Waals surface area contributed by atoms with Gasteiger partial charge in [-0.05, 0) is 54.7 Å². The minimum Gasteiger partial charge on any atom is -0.454 e. The zero-order valence-corrected chi connectivity index (χ0v) is 13.5. The molecule has 3 rings (SSSR count). The van der Waals surface area contributed by atoms with Crippen LogP contribution in [-0.4, -0.2) is 6.79 Å². The molecule has 2 aromatic rings. The first kappa shape index (κ1) is 13.8. The second kappa shape index (κ2) is 5.30. The van der Waals surface area contributed by atoms with Crippen LogP contribution in [0.25, 0.3) is 11.1 Å². The normalized spacial score (nSPS) is 13.0. The number of thiophene rings is 1. The van der Waals surface area contributed by atoms with E-state index in [4.69, 9.17) is 21.1 Å². The fourth-order valence-electron chi connectivity index (χ4n) is 2.63. The van der Waals surface area contributed by atoms with Gasteiger partial charge in [-0.1, -0.05) is 6.92 Å². The van der Waals surface area contributed by atoms with Gasteiger partial charge in [0, 0.05) is 15.6 Å². The van der Waals surface area contributed by atoms with E-state index in [2.05, 4.69) is 26.8 Å². The second-order valence-electron chi connectivity index (χ2n) is 4.93. The van der Waals surface area contributed by atoms with Gasteiger partial charge in [0.25, 0.3) is 0 Å². The fourth-order valence-corrected chi connectivity index (χ4v) is 3.98. The number of hydrogen-bond donors (Lipinski definition) is 0. The molecule has 1 aromatic carbocycles. The predicted molar refractivity (Wildman–Crippen MR) is 84.3 cm³/mol. The number of halogens is 1. The molecule has 0 spiro atoms. The van der Waals surface area contributed by atoms with Crippen molar-refractivity contribution in [1.82, 2.24) is 0 Å². The summed E-state index contributed by atoms with van der Waals surface area (Å²) in [5.41, 5.74) is 4.95. The lowest BCUT2D eigenvalue weighted by Gasteiger charge is -2.11. The zero-order valence-electron chi connectivity index (χ0n) is 11.9. The van der Waals surface area contributed by atoms with Gasteiger partial charge in [-0.25, -0.2) is 0 Å². The lowest BCUT2D eigenvalue weighted by molar-refractivity contribution is 0.174. The van der Waals surface area contributed by atoms with Crippen molar-refractivity contribution < 1.29 is 9.47 Å². The van der Waals surface area contributed by atoms with E-state index >= 15 is 0 Å². The van der Waals surface area contributed by atoms with Crippen molar-refractivity contribution in [1.29, 1.82) is 0 Å². The first-order chi connectivity index (χ1) is 9.65. The summed E-state index contributed by atoms with van der Waals surface area (Å²) in [5, 5.41) is 0. The summed E-state index contributed by atoms with van der Waals surface area (Å²) in [6.07, 6.45) is 1.03. The molecule has 2 nitrogen and oxygen atoms in total. The number of benzene rings is 1. The van der Waals surface area contributed by atoms with Crippen molar-refractivity contribution in [3.8, 4) is 22.6 Å². The predicted octanol–water partition coefficient (Wildman–Crippen LogP) is 5.06. The van der Waals surface area contributed by atoms with Gasteiger partial charge < -0.3 is 9.47 Å². The lowest BCUT2D eigenvalue weighted by Crippen LogP contribution is -1.92. The van der Waals surface area contributed by atoms with E-state index in [1.807, 2.05) is 17.4 Å². The highest BCUT2D eigenvalue weighted by Crippen LogP contribution is 2.44. The molecule has 0 saturated heterocycles. The quantitative estimate of drug-likeness (QED) is 0.738. The van der Waals surface area contributed by atoms with Crippen molar-refractivity contribution in [3.63, 3.8) is 0 Å². The molecule has 0 amide bonds. The first-order valence-corrected chi connectivity index (χ1v) is 8.08. The van der Waals surface area contributed by atoms with Crippen LogP contribution in [0.15, 0.2) is 12.1 Å². The van der Waals surface area contributed by atoms with Crippen molar-refractivity contribution in [3.05, 3.63) is 33.0 Å². The van der Waals surface area contributed by atoms with E-state index in [1.165, 1.54) is 26.4 Å². The molecule has 2 heterocycles. The van der Waals surface area contributed by atoms with E-state index in [-0.39, 0.29) is 0 Å². The van der Waals surface area contributed by atoms with Crippen LogP contribution in [-0.2, 0) is 12.3 Å². The first-order valence-electron chi connectivity index (χ1n) is 6.73. The van der Waals surface area contributed by atoms with Gasteiger partial charge in [-0.2, -0.15) is 0 Å². The average Bonchev–Trinajstić information content (AvgIpc) is 3.02. The van der Waals surface area contributed by atoms with Crippen molar-refractivity contribution in [2.24, 2.45) is 0 Å². The van der Waals surface area contributed by atoms with Crippen LogP contribution in [0.2, 0.25) is 0 Å². The van der Waals surface area contributed by atoms with E-state index < -0.39 is 0 Å². The van der Waals surface area contributed by atoms with Crippen LogP contribution in [0.5, 0.6) is 11.5 Å². The minimum atomic E-state index is 0.294. The molecule has 0 atom stereocenters. The Morgan fingerprint density at radius 1 is 1.20 bits per heavy atom. The van der Waals surface area contributed by atoms with E-state index in [0.717, 1.165) is 23.5 Å². The van der Waals surface area contributed by atoms with Crippen molar-refractivity contribution >= 4 is 22.9 Å². The van der Waals surface area contributed by atoms with Crippen LogP contribution < -0.4 is 9.47 Å². The van der Waals surface area contributed by atoms with Crippen LogP contribution in [0, 0.1) is 13.8 Å². The third-order valence-corrected chi connectivity index (χ3v) is 5.43. The summed E-state index contributed by atoms with van der Waals surface area (Å²) in [5.74, 6) is 2.09. The molecule has 1 aliphatic rings. The Labute approximate surface area is 128 Å². The second-order valence-corrected chi connectivity index (χ2v) is 6.51. The maximum Gasteiger partial charge on any atom is 0.231 e. The van der Waals surface area contributed by atoms with Crippen molar-refractivity contribution in [2.75, 3.05) is 6.79 Å². The van der Waals surface area contributed by atoms with E-state index in [1.54, 1.807) is 0 Å². The Morgan fingerprint density at radius 3 is 2.55 bits per heavy atom. The summed E-state index contributed by atoms with van der Waals surface area (Å²) in [6.45, 7) is 6.85. The maximum absolute atomic E-state index is 6.15. The van der Waals surface area contributed by atoms with Gasteiger partial charge in [0.15, 0.2) is 11.5 Å². The smallest absolute Gasteiger partial charge is 0.231 e. The standard InChI is InChI=1S/C16H17ClO2S/c1-4-15-16(9(2)10(3)20-15)12-6-14-13(18-8-19-14)5-11(12)7-17/h5-6H,4,7-8H2,1-3H3. The molecule has 20 heavy (non-hydrogen) atoms. The Hall–Kier alpha value is -1.19. The molecule has 0 unspecified atom stereocenters. The number of hydrogen-bond acceptors (Lipinski definition) is 3. The molecular formula is C16H17ClO2S. The molecule has 1 aliphatic heterocycles. The number of fused-ring (bicyclic) bond motifs is 1. The summed E-state index contributed by atoms with van der Waals surface area (Å²) in [7, 11) is 0. The average molecular weight is 309 g/mol. The maximum atomic E-state index is 6.15. The van der Waals surface area contributed by atoms with Gasteiger partial charge in [0.05, 0.1) is 0 Å². The summed E-state index contributed by atoms with van der Waals surface area (Å²) in [4.78, 5) is 2.78. The Balaban J connectivity index is 2.24. The number of aryl methyl sites for hydroxylation is 2. The number of alkyl halides is 1. The van der Waals surface area contributed by atoms with Gasteiger partial charge >= 0.3 is 0 Å². The molecule has 106 valence electrons. The highest BCUT2D eigenvalue weighted by Gasteiger charge is 2.21. The minimum absolute atomic E-state index is 0.294. The number of rotatable bonds is 3. The molecule has 0 radical (unpaired) electrons. The lowest BCUT2D eigenvalue weighted by atomic mass is 9.95. The summed E-state index contributed by atoms with van der Waals surface area (Å²) >= 11 is 8.02. The van der Waals surface area contributed by atoms with E-state index in [0.29, 0.717) is 12.7 Å². The Bertz CT molecular complexity index is 661. The third-order valence-electron chi connectivity index (χ3n) is 3.79. The van der Waals surface area contributed by atoms with Gasteiger partial charge in [-0.15, -0.1) is 22.9 Å². The third kappa shape index (κ3) is 2.09. The highest BCUT2D eigenvalue weighted by molar-refractivity contribution is 7.12. The largest absolute Gasteiger partial charge is 0.454 e. The Morgan fingerprint density at radius 2 is 1.90 bits per heavy atom. The summed E-state index contributed by atoms with van der Waals surface area (Å²) in [6, 6.07) is 4.09. The van der Waals surface area contributed by atoms with Gasteiger partial charge in [0.2, 0.25) is 6.79 Å². The number of ether oxygens (including phenoxy) is 2.